The minimum absolute atomic E-state index is 0.239. The van der Waals surface area contributed by atoms with Crippen molar-refractivity contribution < 1.29 is 24.2 Å². The van der Waals surface area contributed by atoms with Crippen LogP contribution in [0, 0.1) is 0 Å². The van der Waals surface area contributed by atoms with Gasteiger partial charge >= 0.3 is 8.60 Å². The number of hydrogen-bond donors (Lipinski definition) is 3. The summed E-state index contributed by atoms with van der Waals surface area (Å²) < 4.78 is 10.9. The van der Waals surface area contributed by atoms with E-state index in [4.69, 9.17) is 19.0 Å². The largest absolute Gasteiger partial charge is 0.491 e. The lowest BCUT2D eigenvalue weighted by atomic mass is 9.88. The fourth-order valence-corrected chi connectivity index (χ4v) is 4.51. The Morgan fingerprint density at radius 2 is 1.33 bits per heavy atom. The van der Waals surface area contributed by atoms with E-state index in [2.05, 4.69) is 37.8 Å². The van der Waals surface area contributed by atoms with Crippen molar-refractivity contribution >= 4 is 19.7 Å². The van der Waals surface area contributed by atoms with Crippen molar-refractivity contribution in [1.29, 1.82) is 0 Å². The van der Waals surface area contributed by atoms with E-state index in [1.54, 1.807) is 12.1 Å². The Hall–Kier alpha value is -2.73. The summed E-state index contributed by atoms with van der Waals surface area (Å²) in [5.41, 5.74) is 5.45. The molecule has 0 aliphatic heterocycles. The molecular weight excluding hydrogens is 473 g/mol. The minimum atomic E-state index is -2.46. The van der Waals surface area contributed by atoms with Crippen LogP contribution < -0.4 is 9.26 Å². The molecule has 0 spiro atoms. The van der Waals surface area contributed by atoms with Gasteiger partial charge in [-0.05, 0) is 71.6 Å². The van der Waals surface area contributed by atoms with Gasteiger partial charge in [0.15, 0.2) is 0 Å². The van der Waals surface area contributed by atoms with Crippen molar-refractivity contribution in [2.75, 3.05) is 26.2 Å². The van der Waals surface area contributed by atoms with Gasteiger partial charge in [-0.25, -0.2) is 0 Å². The van der Waals surface area contributed by atoms with Crippen molar-refractivity contribution in [2.45, 2.75) is 33.3 Å². The Morgan fingerprint density at radius 3 is 1.83 bits per heavy atom. The third kappa shape index (κ3) is 7.89. The molecule has 0 aliphatic carbocycles. The van der Waals surface area contributed by atoms with E-state index in [0.717, 1.165) is 41.8 Å². The highest BCUT2D eigenvalue weighted by molar-refractivity contribution is 7.39. The van der Waals surface area contributed by atoms with Gasteiger partial charge in [0.25, 0.3) is 0 Å². The van der Waals surface area contributed by atoms with Crippen LogP contribution in [0.1, 0.15) is 43.9 Å². The maximum atomic E-state index is 10.3. The highest BCUT2D eigenvalue weighted by Gasteiger charge is 2.15. The molecule has 3 rings (SSSR count). The Kier molecular flexibility index (Phi) is 10.9. The van der Waals surface area contributed by atoms with E-state index in [1.165, 1.54) is 5.57 Å². The predicted octanol–water partition coefficient (Wildman–Crippen LogP) is 5.73. The predicted molar refractivity (Wildman–Crippen MR) is 147 cm³/mol. The SMILES string of the molecule is CC/C(=C(/c1ccc(OCC(O)CN(CC)CC)cc1)c1ccc(OP(O)O)cc1)c1ccccc1. The first-order chi connectivity index (χ1) is 17.4. The Bertz CT molecular complexity index is 1080. The highest BCUT2D eigenvalue weighted by Crippen LogP contribution is 2.36. The number of aliphatic hydroxyl groups is 1. The van der Waals surface area contributed by atoms with Gasteiger partial charge in [0.1, 0.15) is 24.2 Å². The normalized spacial score (nSPS) is 13.0. The number of hydrogen-bond acceptors (Lipinski definition) is 6. The lowest BCUT2D eigenvalue weighted by Crippen LogP contribution is -2.35. The van der Waals surface area contributed by atoms with Crippen molar-refractivity contribution in [2.24, 2.45) is 0 Å². The summed E-state index contributed by atoms with van der Waals surface area (Å²) in [4.78, 5) is 20.5. The van der Waals surface area contributed by atoms with E-state index in [-0.39, 0.29) is 6.61 Å². The summed E-state index contributed by atoms with van der Waals surface area (Å²) in [6, 6.07) is 25.5. The average molecular weight is 510 g/mol. The zero-order chi connectivity index (χ0) is 25.9. The molecule has 0 radical (unpaired) electrons. The zero-order valence-corrected chi connectivity index (χ0v) is 22.1. The smallest absolute Gasteiger partial charge is 0.391 e. The number of nitrogens with zero attached hydrogens (tertiary/aromatic N) is 1. The third-order valence-electron chi connectivity index (χ3n) is 6.06. The Morgan fingerprint density at radius 1 is 0.778 bits per heavy atom. The molecule has 0 bridgehead atoms. The summed E-state index contributed by atoms with van der Waals surface area (Å²) in [6.45, 7) is 8.92. The summed E-state index contributed by atoms with van der Waals surface area (Å²) >= 11 is 0. The molecule has 0 saturated carbocycles. The van der Waals surface area contributed by atoms with Crippen LogP contribution in [0.2, 0.25) is 0 Å². The fraction of sp³-hybridized carbons (Fsp3) is 0.310. The molecule has 6 nitrogen and oxygen atoms in total. The molecule has 0 amide bonds. The van der Waals surface area contributed by atoms with Gasteiger partial charge < -0.3 is 29.1 Å². The number of ether oxygens (including phenoxy) is 1. The van der Waals surface area contributed by atoms with Crippen molar-refractivity contribution in [1.82, 2.24) is 4.90 Å². The number of rotatable bonds is 13. The molecule has 0 fully saturated rings. The molecule has 1 unspecified atom stereocenters. The maximum Gasteiger partial charge on any atom is 0.391 e. The molecule has 1 atom stereocenters. The van der Waals surface area contributed by atoms with Crippen LogP contribution in [0.3, 0.4) is 0 Å². The van der Waals surface area contributed by atoms with Gasteiger partial charge in [0.2, 0.25) is 0 Å². The van der Waals surface area contributed by atoms with Crippen LogP contribution >= 0.6 is 8.60 Å². The standard InChI is InChI=1S/C29H36NO5P/c1-4-28(22-10-8-7-9-11-22)29(24-14-18-27(19-15-24)35-36(32)33)23-12-16-26(17-13-23)34-21-25(31)20-30(5-2)6-3/h7-19,25,31-33H,4-6,20-21H2,1-3H3/b29-28+. The van der Waals surface area contributed by atoms with Gasteiger partial charge in [-0.1, -0.05) is 75.4 Å². The van der Waals surface area contributed by atoms with Crippen molar-refractivity contribution in [3.05, 3.63) is 95.6 Å². The molecule has 0 heterocycles. The monoisotopic (exact) mass is 509 g/mol. The number of aliphatic hydroxyl groups excluding tert-OH is 1. The topological polar surface area (TPSA) is 82.4 Å². The van der Waals surface area contributed by atoms with E-state index >= 15 is 0 Å². The van der Waals surface area contributed by atoms with Crippen molar-refractivity contribution in [3.8, 4) is 11.5 Å². The van der Waals surface area contributed by atoms with Gasteiger partial charge in [0.05, 0.1) is 0 Å². The summed E-state index contributed by atoms with van der Waals surface area (Å²) in [5, 5.41) is 10.3. The number of likely N-dealkylation sites (N-methyl/N-ethyl adjacent to an activating group) is 1. The Balaban J connectivity index is 1.89. The maximum absolute atomic E-state index is 10.3. The van der Waals surface area contributed by atoms with Gasteiger partial charge in [-0.2, -0.15) is 0 Å². The average Bonchev–Trinajstić information content (AvgIpc) is 2.90. The second kappa shape index (κ2) is 14.1. The van der Waals surface area contributed by atoms with Crippen LogP contribution in [-0.4, -0.2) is 52.1 Å². The van der Waals surface area contributed by atoms with E-state index in [0.29, 0.717) is 18.0 Å². The van der Waals surface area contributed by atoms with Crippen molar-refractivity contribution in [3.63, 3.8) is 0 Å². The first-order valence-corrected chi connectivity index (χ1v) is 13.5. The Labute approximate surface area is 215 Å². The molecule has 3 aromatic rings. The molecule has 0 aromatic heterocycles. The molecule has 36 heavy (non-hydrogen) atoms. The highest BCUT2D eigenvalue weighted by atomic mass is 31.2. The second-order valence-electron chi connectivity index (χ2n) is 8.42. The zero-order valence-electron chi connectivity index (χ0n) is 21.2. The van der Waals surface area contributed by atoms with E-state index < -0.39 is 14.7 Å². The molecule has 0 aliphatic rings. The lowest BCUT2D eigenvalue weighted by Gasteiger charge is -2.22. The summed E-state index contributed by atoms with van der Waals surface area (Å²) in [7, 11) is -2.46. The fourth-order valence-electron chi connectivity index (χ4n) is 4.20. The van der Waals surface area contributed by atoms with Crippen LogP contribution in [0.4, 0.5) is 0 Å². The number of benzene rings is 3. The molecule has 3 aromatic carbocycles. The molecule has 0 saturated heterocycles. The van der Waals surface area contributed by atoms with Crippen LogP contribution in [-0.2, 0) is 0 Å². The molecule has 7 heteroatoms. The number of allylic oxidation sites excluding steroid dienone is 1. The van der Waals surface area contributed by atoms with Gasteiger partial charge in [-0.3, -0.25) is 0 Å². The minimum Gasteiger partial charge on any atom is -0.491 e. The van der Waals surface area contributed by atoms with Gasteiger partial charge in [0, 0.05) is 6.54 Å². The molecular formula is C29H36NO5P. The van der Waals surface area contributed by atoms with Crippen LogP contribution in [0.5, 0.6) is 11.5 Å². The lowest BCUT2D eigenvalue weighted by molar-refractivity contribution is 0.0716. The van der Waals surface area contributed by atoms with E-state index in [9.17, 15) is 5.11 Å². The van der Waals surface area contributed by atoms with Gasteiger partial charge in [-0.15, -0.1) is 0 Å². The van der Waals surface area contributed by atoms with Crippen LogP contribution in [0.25, 0.3) is 11.1 Å². The molecule has 192 valence electrons. The quantitative estimate of drug-likeness (QED) is 0.202. The summed E-state index contributed by atoms with van der Waals surface area (Å²) in [6.07, 6.45) is 0.274. The summed E-state index contributed by atoms with van der Waals surface area (Å²) in [5.74, 6) is 1.11. The van der Waals surface area contributed by atoms with E-state index in [1.807, 2.05) is 54.6 Å². The first kappa shape index (κ1) is 27.9. The second-order valence-corrected chi connectivity index (χ2v) is 9.10. The third-order valence-corrected chi connectivity index (χ3v) is 6.43. The molecule has 3 N–H and O–H groups in total. The van der Waals surface area contributed by atoms with Crippen LogP contribution in [0.15, 0.2) is 78.9 Å². The first-order valence-electron chi connectivity index (χ1n) is 12.3.